The van der Waals surface area contributed by atoms with Gasteiger partial charge in [0.2, 0.25) is 0 Å². The Morgan fingerprint density at radius 1 is 1.04 bits per heavy atom. The van der Waals surface area contributed by atoms with Gasteiger partial charge in [-0.3, -0.25) is 4.90 Å². The van der Waals surface area contributed by atoms with Crippen LogP contribution >= 0.6 is 12.2 Å². The van der Waals surface area contributed by atoms with Crippen LogP contribution in [0.1, 0.15) is 51.4 Å². The van der Waals surface area contributed by atoms with Crippen molar-refractivity contribution in [3.63, 3.8) is 0 Å². The first-order valence-electron chi connectivity index (χ1n) is 9.92. The van der Waals surface area contributed by atoms with Crippen LogP contribution in [0.4, 0.5) is 14.5 Å². The molecule has 0 atom stereocenters. The van der Waals surface area contributed by atoms with Gasteiger partial charge in [0.25, 0.3) is 0 Å². The highest BCUT2D eigenvalue weighted by Crippen LogP contribution is 2.35. The van der Waals surface area contributed by atoms with E-state index in [1.807, 2.05) is 0 Å². The highest BCUT2D eigenvalue weighted by molar-refractivity contribution is 7.80. The second-order valence-electron chi connectivity index (χ2n) is 7.54. The van der Waals surface area contributed by atoms with Crippen molar-refractivity contribution in [2.45, 2.75) is 63.5 Å². The zero-order chi connectivity index (χ0) is 19.1. The van der Waals surface area contributed by atoms with Crippen molar-refractivity contribution >= 4 is 23.0 Å². The highest BCUT2D eigenvalue weighted by Gasteiger charge is 2.38. The maximum Gasteiger partial charge on any atom is 0.387 e. The van der Waals surface area contributed by atoms with Crippen molar-refractivity contribution in [2.75, 3.05) is 25.0 Å². The molecule has 150 valence electrons. The van der Waals surface area contributed by atoms with Gasteiger partial charge in [0.15, 0.2) is 5.11 Å². The highest BCUT2D eigenvalue weighted by atomic mass is 32.1. The lowest BCUT2D eigenvalue weighted by atomic mass is 9.79. The lowest BCUT2D eigenvalue weighted by Crippen LogP contribution is -2.58. The monoisotopic (exact) mass is 397 g/mol. The van der Waals surface area contributed by atoms with E-state index in [-0.39, 0.29) is 11.3 Å². The summed E-state index contributed by atoms with van der Waals surface area (Å²) in [5, 5.41) is 7.12. The Morgan fingerprint density at radius 2 is 1.67 bits per heavy atom. The number of nitrogens with zero attached hydrogens (tertiary/aromatic N) is 1. The molecule has 27 heavy (non-hydrogen) atoms. The van der Waals surface area contributed by atoms with E-state index in [9.17, 15) is 8.78 Å². The maximum absolute atomic E-state index is 12.2. The fraction of sp³-hybridized carbons (Fsp3) is 0.650. The van der Waals surface area contributed by atoms with E-state index in [0.29, 0.717) is 5.11 Å². The quantitative estimate of drug-likeness (QED) is 0.677. The van der Waals surface area contributed by atoms with Crippen LogP contribution in [0.15, 0.2) is 24.3 Å². The smallest absolute Gasteiger partial charge is 0.387 e. The Morgan fingerprint density at radius 3 is 2.30 bits per heavy atom. The molecule has 0 aromatic heterocycles. The van der Waals surface area contributed by atoms with E-state index >= 15 is 0 Å². The number of halogens is 2. The first kappa shape index (κ1) is 20.3. The van der Waals surface area contributed by atoms with E-state index in [2.05, 4.69) is 20.3 Å². The molecule has 2 N–H and O–H groups in total. The van der Waals surface area contributed by atoms with Crippen LogP contribution in [0.5, 0.6) is 5.75 Å². The van der Waals surface area contributed by atoms with Crippen molar-refractivity contribution in [1.82, 2.24) is 10.2 Å². The molecule has 0 amide bonds. The molecule has 1 saturated heterocycles. The molecule has 1 aromatic rings. The fourth-order valence-electron chi connectivity index (χ4n) is 4.32. The molecule has 0 spiro atoms. The molecular weight excluding hydrogens is 368 g/mol. The van der Waals surface area contributed by atoms with E-state index in [1.165, 1.54) is 76.6 Å². The first-order chi connectivity index (χ1) is 13.1. The van der Waals surface area contributed by atoms with E-state index in [1.54, 1.807) is 12.1 Å². The third-order valence-electron chi connectivity index (χ3n) is 5.73. The Kier molecular flexibility index (Phi) is 7.24. The Bertz CT molecular complexity index is 600. The van der Waals surface area contributed by atoms with Gasteiger partial charge in [-0.05, 0) is 75.3 Å². The number of thiocarbonyl (C=S) groups is 1. The van der Waals surface area contributed by atoms with Crippen molar-refractivity contribution in [3.8, 4) is 5.75 Å². The van der Waals surface area contributed by atoms with Gasteiger partial charge < -0.3 is 15.4 Å². The van der Waals surface area contributed by atoms with Crippen LogP contribution in [0.2, 0.25) is 0 Å². The number of likely N-dealkylation sites (tertiary alicyclic amines) is 1. The molecule has 2 fully saturated rings. The number of piperidine rings is 1. The molecule has 1 saturated carbocycles. The van der Waals surface area contributed by atoms with Gasteiger partial charge >= 0.3 is 6.61 Å². The lowest BCUT2D eigenvalue weighted by molar-refractivity contribution is -0.0498. The predicted octanol–water partition coefficient (Wildman–Crippen LogP) is 4.76. The van der Waals surface area contributed by atoms with Crippen LogP contribution in [-0.2, 0) is 0 Å². The predicted molar refractivity (Wildman–Crippen MR) is 109 cm³/mol. The molecular formula is C20H29F2N3OS. The summed E-state index contributed by atoms with van der Waals surface area (Å²) in [5.74, 6) is 0.140. The maximum atomic E-state index is 12.2. The lowest BCUT2D eigenvalue weighted by Gasteiger charge is -2.48. The summed E-state index contributed by atoms with van der Waals surface area (Å²) in [6.07, 6.45) is 10.3. The number of nitrogens with one attached hydrogen (secondary N) is 2. The number of anilines is 1. The van der Waals surface area contributed by atoms with Crippen LogP contribution < -0.4 is 15.4 Å². The van der Waals surface area contributed by atoms with Gasteiger partial charge in [-0.25, -0.2) is 0 Å². The Labute approximate surface area is 165 Å². The second-order valence-corrected chi connectivity index (χ2v) is 7.95. The van der Waals surface area contributed by atoms with Crippen molar-refractivity contribution in [1.29, 1.82) is 0 Å². The number of hydrogen-bond donors (Lipinski definition) is 2. The molecule has 0 bridgehead atoms. The fourth-order valence-corrected chi connectivity index (χ4v) is 4.51. The van der Waals surface area contributed by atoms with Crippen LogP contribution in [0.3, 0.4) is 0 Å². The Hall–Kier alpha value is -1.47. The van der Waals surface area contributed by atoms with Crippen molar-refractivity contribution in [2.24, 2.45) is 0 Å². The second kappa shape index (κ2) is 9.64. The van der Waals surface area contributed by atoms with Gasteiger partial charge in [0.05, 0.1) is 0 Å². The largest absolute Gasteiger partial charge is 0.435 e. The van der Waals surface area contributed by atoms with Crippen molar-refractivity contribution in [3.05, 3.63) is 24.3 Å². The average molecular weight is 398 g/mol. The van der Waals surface area contributed by atoms with E-state index in [4.69, 9.17) is 12.2 Å². The van der Waals surface area contributed by atoms with E-state index in [0.717, 1.165) is 12.2 Å². The standard InChI is InChI=1S/C20H29F2N3OS/c21-18(22)26-17-9-7-16(8-10-17)24-19(27)23-15-20(11-3-1-4-12-20)25-13-5-2-6-14-25/h7-10,18H,1-6,11-15H2,(H2,23,24,27). The van der Waals surface area contributed by atoms with E-state index < -0.39 is 6.61 Å². The van der Waals surface area contributed by atoms with Gasteiger partial charge in [-0.2, -0.15) is 8.78 Å². The minimum atomic E-state index is -2.81. The third-order valence-corrected chi connectivity index (χ3v) is 5.97. The molecule has 4 nitrogen and oxygen atoms in total. The van der Waals surface area contributed by atoms with Crippen LogP contribution in [0.25, 0.3) is 0 Å². The summed E-state index contributed by atoms with van der Waals surface area (Å²) in [4.78, 5) is 2.68. The summed E-state index contributed by atoms with van der Waals surface area (Å²) >= 11 is 5.47. The molecule has 1 aromatic carbocycles. The summed E-state index contributed by atoms with van der Waals surface area (Å²) < 4.78 is 28.8. The summed E-state index contributed by atoms with van der Waals surface area (Å²) in [6, 6.07) is 6.39. The average Bonchev–Trinajstić information content (AvgIpc) is 2.69. The van der Waals surface area contributed by atoms with Gasteiger partial charge in [-0.1, -0.05) is 25.7 Å². The SMILES string of the molecule is FC(F)Oc1ccc(NC(=S)NCC2(N3CCCCC3)CCCCC2)cc1. The number of ether oxygens (including phenoxy) is 1. The van der Waals surface area contributed by atoms with Gasteiger partial charge in [-0.15, -0.1) is 0 Å². The third kappa shape index (κ3) is 5.75. The first-order valence-corrected chi connectivity index (χ1v) is 10.3. The van der Waals surface area contributed by atoms with Gasteiger partial charge in [0, 0.05) is 17.8 Å². The molecule has 2 aliphatic rings. The normalized spacial score (nSPS) is 20.3. The molecule has 0 unspecified atom stereocenters. The summed E-state index contributed by atoms with van der Waals surface area (Å²) in [5.41, 5.74) is 0.962. The Balaban J connectivity index is 1.54. The molecule has 3 rings (SSSR count). The molecule has 1 aliphatic carbocycles. The van der Waals surface area contributed by atoms with Crippen LogP contribution in [-0.4, -0.2) is 41.8 Å². The molecule has 7 heteroatoms. The minimum Gasteiger partial charge on any atom is -0.435 e. The van der Waals surface area contributed by atoms with Crippen molar-refractivity contribution < 1.29 is 13.5 Å². The zero-order valence-corrected chi connectivity index (χ0v) is 16.5. The van der Waals surface area contributed by atoms with Gasteiger partial charge in [0.1, 0.15) is 5.75 Å². The minimum absolute atomic E-state index is 0.140. The van der Waals surface area contributed by atoms with Crippen LogP contribution in [0, 0.1) is 0 Å². The number of rotatable bonds is 6. The number of benzene rings is 1. The molecule has 0 radical (unpaired) electrons. The molecule has 1 aliphatic heterocycles. The molecule has 1 heterocycles. The number of hydrogen-bond acceptors (Lipinski definition) is 3. The summed E-state index contributed by atoms with van der Waals surface area (Å²) in [7, 11) is 0. The zero-order valence-electron chi connectivity index (χ0n) is 15.7. The summed E-state index contributed by atoms with van der Waals surface area (Å²) in [6.45, 7) is 0.417. The number of alkyl halides is 2. The topological polar surface area (TPSA) is 36.5 Å².